The minimum Gasteiger partial charge on any atom is -0.351 e. The molecule has 1 aromatic carbocycles. The van der Waals surface area contributed by atoms with Crippen molar-refractivity contribution in [2.45, 2.75) is 31.8 Å². The first-order valence-electron chi connectivity index (χ1n) is 8.26. The first kappa shape index (κ1) is 17.5. The topological polar surface area (TPSA) is 32.3 Å². The average Bonchev–Trinajstić information content (AvgIpc) is 3.03. The van der Waals surface area contributed by atoms with Crippen molar-refractivity contribution >= 4 is 29.0 Å². The maximum atomic E-state index is 6.37. The van der Waals surface area contributed by atoms with E-state index in [1.807, 2.05) is 30.3 Å². The predicted molar refractivity (Wildman–Crippen MR) is 99.9 cm³/mol. The van der Waals surface area contributed by atoms with Crippen LogP contribution in [0.4, 0.5) is 5.82 Å². The molecule has 0 spiro atoms. The molecule has 0 bridgehead atoms. The Morgan fingerprint density at radius 2 is 2.17 bits per heavy atom. The van der Waals surface area contributed by atoms with Gasteiger partial charge in [-0.2, -0.15) is 5.10 Å². The summed E-state index contributed by atoms with van der Waals surface area (Å²) in [5.41, 5.74) is 1.10. The monoisotopic (exact) mass is 364 g/mol. The lowest BCUT2D eigenvalue weighted by atomic mass is 10.1. The van der Waals surface area contributed by atoms with E-state index in [1.165, 1.54) is 12.8 Å². The maximum absolute atomic E-state index is 6.37. The highest BCUT2D eigenvalue weighted by Crippen LogP contribution is 2.31. The summed E-state index contributed by atoms with van der Waals surface area (Å²) >= 11 is 12.4. The van der Waals surface area contributed by atoms with Gasteiger partial charge >= 0.3 is 0 Å². The summed E-state index contributed by atoms with van der Waals surface area (Å²) in [4.78, 5) is 4.70. The van der Waals surface area contributed by atoms with E-state index < -0.39 is 0 Å². The molecule has 2 aromatic rings. The van der Waals surface area contributed by atoms with Crippen molar-refractivity contribution in [2.75, 3.05) is 25.0 Å². The van der Waals surface area contributed by atoms with E-state index in [1.54, 1.807) is 6.20 Å². The Morgan fingerprint density at radius 3 is 2.88 bits per heavy atom. The van der Waals surface area contributed by atoms with Crippen LogP contribution in [-0.2, 0) is 0 Å². The fraction of sp³-hybridized carbons (Fsp3) is 0.444. The van der Waals surface area contributed by atoms with Crippen molar-refractivity contribution < 1.29 is 0 Å². The number of anilines is 1. The van der Waals surface area contributed by atoms with Crippen LogP contribution >= 0.6 is 23.2 Å². The fourth-order valence-electron chi connectivity index (χ4n) is 3.34. The lowest BCUT2D eigenvalue weighted by Gasteiger charge is -2.32. The Labute approximate surface area is 153 Å². The van der Waals surface area contributed by atoms with E-state index in [2.05, 4.69) is 34.0 Å². The van der Waals surface area contributed by atoms with Crippen molar-refractivity contribution in [2.24, 2.45) is 0 Å². The first-order valence-corrected chi connectivity index (χ1v) is 9.01. The van der Waals surface area contributed by atoms with Gasteiger partial charge in [0, 0.05) is 41.4 Å². The molecule has 0 aliphatic carbocycles. The molecule has 2 unspecified atom stereocenters. The lowest BCUT2D eigenvalue weighted by Crippen LogP contribution is -2.40. The zero-order valence-electron chi connectivity index (χ0n) is 14.0. The minimum absolute atomic E-state index is 0.221. The molecule has 2 heterocycles. The zero-order valence-corrected chi connectivity index (χ0v) is 15.5. The molecule has 1 aliphatic heterocycles. The second-order valence-electron chi connectivity index (χ2n) is 6.35. The smallest absolute Gasteiger partial charge is 0.151 e. The van der Waals surface area contributed by atoms with Gasteiger partial charge in [0.05, 0.1) is 0 Å². The number of aromatic nitrogens is 2. The number of halogens is 2. The van der Waals surface area contributed by atoms with Crippen LogP contribution in [0, 0.1) is 0 Å². The van der Waals surface area contributed by atoms with Gasteiger partial charge in [0.15, 0.2) is 5.82 Å². The second-order valence-corrected chi connectivity index (χ2v) is 7.20. The molecule has 0 radical (unpaired) electrons. The number of nitrogens with zero attached hydrogens (tertiary/aromatic N) is 4. The first-order chi connectivity index (χ1) is 11.6. The van der Waals surface area contributed by atoms with Gasteiger partial charge in [0.2, 0.25) is 0 Å². The average molecular weight is 365 g/mol. The van der Waals surface area contributed by atoms with Crippen LogP contribution in [0.15, 0.2) is 36.5 Å². The Hall–Kier alpha value is -1.36. The normalized spacial score (nSPS) is 19.0. The predicted octanol–water partition coefficient (Wildman–Crippen LogP) is 4.45. The SMILES string of the molecule is CC(c1ccc(Cl)cc1Cl)N(C)CC1CCCN1c1cccnn1. The maximum Gasteiger partial charge on any atom is 0.151 e. The summed E-state index contributed by atoms with van der Waals surface area (Å²) in [5.74, 6) is 0.963. The molecule has 1 aliphatic rings. The van der Waals surface area contributed by atoms with Crippen molar-refractivity contribution in [3.8, 4) is 0 Å². The van der Waals surface area contributed by atoms with Crippen molar-refractivity contribution in [1.29, 1.82) is 0 Å². The molecule has 24 heavy (non-hydrogen) atoms. The van der Waals surface area contributed by atoms with Gasteiger partial charge in [0.25, 0.3) is 0 Å². The largest absolute Gasteiger partial charge is 0.351 e. The molecule has 1 aromatic heterocycles. The summed E-state index contributed by atoms with van der Waals surface area (Å²) in [6.07, 6.45) is 4.07. The van der Waals surface area contributed by atoms with Gasteiger partial charge in [0.1, 0.15) is 0 Å². The molecular weight excluding hydrogens is 343 g/mol. The molecule has 2 atom stereocenters. The molecule has 0 saturated carbocycles. The van der Waals surface area contributed by atoms with E-state index in [0.29, 0.717) is 11.1 Å². The van der Waals surface area contributed by atoms with E-state index in [-0.39, 0.29) is 6.04 Å². The van der Waals surface area contributed by atoms with Crippen LogP contribution in [-0.4, -0.2) is 41.3 Å². The van der Waals surface area contributed by atoms with Gasteiger partial charge in [-0.15, -0.1) is 5.10 Å². The van der Waals surface area contributed by atoms with E-state index in [9.17, 15) is 0 Å². The Balaban J connectivity index is 1.70. The third-order valence-corrected chi connectivity index (χ3v) is 5.36. The summed E-state index contributed by atoms with van der Waals surface area (Å²) in [5, 5.41) is 9.67. The Kier molecular flexibility index (Phi) is 5.59. The van der Waals surface area contributed by atoms with E-state index in [0.717, 1.165) is 29.5 Å². The number of hydrogen-bond acceptors (Lipinski definition) is 4. The number of likely N-dealkylation sites (N-methyl/N-ethyl adjacent to an activating group) is 1. The van der Waals surface area contributed by atoms with Crippen molar-refractivity contribution in [1.82, 2.24) is 15.1 Å². The third kappa shape index (κ3) is 3.82. The highest BCUT2D eigenvalue weighted by molar-refractivity contribution is 6.35. The minimum atomic E-state index is 0.221. The van der Waals surface area contributed by atoms with E-state index >= 15 is 0 Å². The lowest BCUT2D eigenvalue weighted by molar-refractivity contribution is 0.245. The number of rotatable bonds is 5. The van der Waals surface area contributed by atoms with Crippen LogP contribution in [0.25, 0.3) is 0 Å². The highest BCUT2D eigenvalue weighted by atomic mass is 35.5. The van der Waals surface area contributed by atoms with Crippen LogP contribution in [0.5, 0.6) is 0 Å². The van der Waals surface area contributed by atoms with Gasteiger partial charge < -0.3 is 4.90 Å². The van der Waals surface area contributed by atoms with Crippen molar-refractivity contribution in [3.63, 3.8) is 0 Å². The number of hydrogen-bond donors (Lipinski definition) is 0. The fourth-order valence-corrected chi connectivity index (χ4v) is 3.91. The quantitative estimate of drug-likeness (QED) is 0.784. The Morgan fingerprint density at radius 1 is 1.33 bits per heavy atom. The van der Waals surface area contributed by atoms with Crippen molar-refractivity contribution in [3.05, 3.63) is 52.1 Å². The van der Waals surface area contributed by atoms with Gasteiger partial charge in [-0.05, 0) is 56.6 Å². The molecule has 128 valence electrons. The van der Waals surface area contributed by atoms with Gasteiger partial charge in [-0.25, -0.2) is 0 Å². The zero-order chi connectivity index (χ0) is 17.1. The molecular formula is C18H22Cl2N4. The van der Waals surface area contributed by atoms with Crippen LogP contribution in [0.1, 0.15) is 31.4 Å². The van der Waals surface area contributed by atoms with Crippen LogP contribution in [0.2, 0.25) is 10.0 Å². The van der Waals surface area contributed by atoms with Gasteiger partial charge in [-0.1, -0.05) is 29.3 Å². The van der Waals surface area contributed by atoms with Crippen LogP contribution < -0.4 is 4.90 Å². The van der Waals surface area contributed by atoms with E-state index in [4.69, 9.17) is 23.2 Å². The Bertz CT molecular complexity index is 680. The summed E-state index contributed by atoms with van der Waals surface area (Å²) < 4.78 is 0. The molecule has 4 nitrogen and oxygen atoms in total. The highest BCUT2D eigenvalue weighted by Gasteiger charge is 2.28. The second kappa shape index (κ2) is 7.68. The third-order valence-electron chi connectivity index (χ3n) is 4.80. The molecule has 1 saturated heterocycles. The summed E-state index contributed by atoms with van der Waals surface area (Å²) in [6, 6.07) is 10.4. The summed E-state index contributed by atoms with van der Waals surface area (Å²) in [6.45, 7) is 4.17. The summed E-state index contributed by atoms with van der Waals surface area (Å²) in [7, 11) is 2.14. The standard InChI is InChI=1S/C18H22Cl2N4/c1-13(16-8-7-14(19)11-17(16)20)23(2)12-15-5-4-10-24(15)18-6-3-9-21-22-18/h3,6-9,11,13,15H,4-5,10,12H2,1-2H3. The number of benzene rings is 1. The van der Waals surface area contributed by atoms with Crippen LogP contribution in [0.3, 0.4) is 0 Å². The molecule has 0 amide bonds. The molecule has 1 fully saturated rings. The molecule has 0 N–H and O–H groups in total. The van der Waals surface area contributed by atoms with Gasteiger partial charge in [-0.3, -0.25) is 4.90 Å². The molecule has 6 heteroatoms. The molecule has 3 rings (SSSR count).